The van der Waals surface area contributed by atoms with Crippen molar-refractivity contribution in [3.05, 3.63) is 52.5 Å². The number of anilines is 1. The van der Waals surface area contributed by atoms with E-state index >= 15 is 0 Å². The number of aromatic nitrogens is 2. The van der Waals surface area contributed by atoms with E-state index in [0.29, 0.717) is 10.2 Å². The highest BCUT2D eigenvalue weighted by atomic mass is 79.9. The van der Waals surface area contributed by atoms with Crippen molar-refractivity contribution in [2.45, 2.75) is 6.54 Å². The van der Waals surface area contributed by atoms with Crippen LogP contribution in [-0.2, 0) is 6.54 Å². The first-order valence-electron chi connectivity index (χ1n) is 4.80. The number of nitrogens with one attached hydrogen (secondary N) is 1. The predicted octanol–water partition coefficient (Wildman–Crippen LogP) is 3.13. The highest BCUT2D eigenvalue weighted by molar-refractivity contribution is 9.10. The number of nitrogens with zero attached hydrogens (tertiary/aromatic N) is 2. The largest absolute Gasteiger partial charge is 0.375 e. The van der Waals surface area contributed by atoms with Crippen LogP contribution in [0.5, 0.6) is 0 Å². The molecule has 6 heteroatoms. The standard InChI is InChI=1S/C11H8BrF2N3/c12-7-3-9(13)11(10(14)4-7)17-6-8-5-15-1-2-16-8/h1-5,17H,6H2. The van der Waals surface area contributed by atoms with E-state index in [1.807, 2.05) is 0 Å². The van der Waals surface area contributed by atoms with E-state index in [2.05, 4.69) is 31.2 Å². The number of rotatable bonds is 3. The highest BCUT2D eigenvalue weighted by Crippen LogP contribution is 2.23. The van der Waals surface area contributed by atoms with Gasteiger partial charge in [0.1, 0.15) is 17.3 Å². The molecule has 1 aromatic heterocycles. The zero-order chi connectivity index (χ0) is 12.3. The molecular weight excluding hydrogens is 292 g/mol. The molecule has 0 saturated carbocycles. The van der Waals surface area contributed by atoms with Gasteiger partial charge in [0.15, 0.2) is 0 Å². The molecule has 0 aliphatic rings. The van der Waals surface area contributed by atoms with Crippen LogP contribution in [0.25, 0.3) is 0 Å². The number of benzene rings is 1. The van der Waals surface area contributed by atoms with Crippen molar-refractivity contribution in [1.82, 2.24) is 9.97 Å². The summed E-state index contributed by atoms with van der Waals surface area (Å²) in [6.07, 6.45) is 4.58. The molecule has 0 aliphatic carbocycles. The molecule has 0 unspecified atom stereocenters. The van der Waals surface area contributed by atoms with Crippen molar-refractivity contribution in [2.24, 2.45) is 0 Å². The minimum absolute atomic E-state index is 0.168. The molecule has 2 rings (SSSR count). The Morgan fingerprint density at radius 3 is 2.47 bits per heavy atom. The second-order valence-electron chi connectivity index (χ2n) is 3.29. The van der Waals surface area contributed by atoms with Gasteiger partial charge in [0.2, 0.25) is 0 Å². The van der Waals surface area contributed by atoms with E-state index in [1.54, 1.807) is 0 Å². The van der Waals surface area contributed by atoms with Gasteiger partial charge < -0.3 is 5.32 Å². The minimum atomic E-state index is -0.652. The zero-order valence-electron chi connectivity index (χ0n) is 8.62. The third-order valence-corrected chi connectivity index (χ3v) is 2.53. The first kappa shape index (κ1) is 11.9. The summed E-state index contributed by atoms with van der Waals surface area (Å²) in [7, 11) is 0. The fourth-order valence-corrected chi connectivity index (χ4v) is 1.71. The second-order valence-corrected chi connectivity index (χ2v) is 4.21. The van der Waals surface area contributed by atoms with Gasteiger partial charge in [0.25, 0.3) is 0 Å². The minimum Gasteiger partial charge on any atom is -0.375 e. The second kappa shape index (κ2) is 5.18. The molecule has 1 N–H and O–H groups in total. The molecule has 0 amide bonds. The quantitative estimate of drug-likeness (QED) is 0.946. The van der Waals surface area contributed by atoms with Gasteiger partial charge >= 0.3 is 0 Å². The van der Waals surface area contributed by atoms with Gasteiger partial charge in [-0.25, -0.2) is 8.78 Å². The van der Waals surface area contributed by atoms with Gasteiger partial charge in [-0.3, -0.25) is 9.97 Å². The first-order chi connectivity index (χ1) is 8.16. The van der Waals surface area contributed by atoms with Crippen molar-refractivity contribution in [1.29, 1.82) is 0 Å². The van der Waals surface area contributed by atoms with Gasteiger partial charge in [-0.15, -0.1) is 0 Å². The lowest BCUT2D eigenvalue weighted by Gasteiger charge is -2.08. The topological polar surface area (TPSA) is 37.8 Å². The molecule has 2 aromatic rings. The van der Waals surface area contributed by atoms with Gasteiger partial charge in [-0.05, 0) is 12.1 Å². The molecule has 0 radical (unpaired) electrons. The van der Waals surface area contributed by atoms with Crippen LogP contribution in [0.3, 0.4) is 0 Å². The SMILES string of the molecule is Fc1cc(Br)cc(F)c1NCc1cnccn1. The Morgan fingerprint density at radius 2 is 1.88 bits per heavy atom. The maximum Gasteiger partial charge on any atom is 0.150 e. The van der Waals surface area contributed by atoms with Crippen molar-refractivity contribution < 1.29 is 8.78 Å². The molecule has 0 atom stereocenters. The molecule has 0 spiro atoms. The van der Waals surface area contributed by atoms with Crippen LogP contribution in [-0.4, -0.2) is 9.97 Å². The van der Waals surface area contributed by atoms with Crippen LogP contribution < -0.4 is 5.32 Å². The summed E-state index contributed by atoms with van der Waals surface area (Å²) in [5.74, 6) is -1.30. The Balaban J connectivity index is 2.15. The van der Waals surface area contributed by atoms with E-state index in [4.69, 9.17) is 0 Å². The lowest BCUT2D eigenvalue weighted by molar-refractivity contribution is 0.586. The average Bonchev–Trinajstić information content (AvgIpc) is 2.29. The lowest BCUT2D eigenvalue weighted by atomic mass is 10.3. The third kappa shape index (κ3) is 2.97. The Morgan fingerprint density at radius 1 is 1.18 bits per heavy atom. The average molecular weight is 300 g/mol. The molecule has 3 nitrogen and oxygen atoms in total. The van der Waals surface area contributed by atoms with E-state index < -0.39 is 11.6 Å². The smallest absolute Gasteiger partial charge is 0.150 e. The zero-order valence-corrected chi connectivity index (χ0v) is 10.2. The Bertz CT molecular complexity index is 496. The fraction of sp³-hybridized carbons (Fsp3) is 0.0909. The van der Waals surface area contributed by atoms with E-state index in [1.165, 1.54) is 30.7 Å². The van der Waals surface area contributed by atoms with Crippen LogP contribution in [0.4, 0.5) is 14.5 Å². The molecule has 17 heavy (non-hydrogen) atoms. The van der Waals surface area contributed by atoms with Gasteiger partial charge in [0.05, 0.1) is 18.4 Å². The summed E-state index contributed by atoms with van der Waals surface area (Å²) in [4.78, 5) is 7.85. The Kier molecular flexibility index (Phi) is 3.63. The van der Waals surface area contributed by atoms with E-state index in [-0.39, 0.29) is 12.2 Å². The maximum atomic E-state index is 13.4. The van der Waals surface area contributed by atoms with Crippen LogP contribution in [0, 0.1) is 11.6 Å². The molecule has 0 fully saturated rings. The number of halogens is 3. The summed E-state index contributed by atoms with van der Waals surface area (Å²) in [5, 5.41) is 2.65. The van der Waals surface area contributed by atoms with Crippen LogP contribution in [0.15, 0.2) is 35.2 Å². The summed E-state index contributed by atoms with van der Waals surface area (Å²) < 4.78 is 27.2. The summed E-state index contributed by atoms with van der Waals surface area (Å²) in [5.41, 5.74) is 0.438. The van der Waals surface area contributed by atoms with Crippen molar-refractivity contribution in [3.63, 3.8) is 0 Å². The van der Waals surface area contributed by atoms with E-state index in [0.717, 1.165) is 0 Å². The molecule has 1 aromatic carbocycles. The number of hydrogen-bond acceptors (Lipinski definition) is 3. The Labute approximate surface area is 105 Å². The fourth-order valence-electron chi connectivity index (χ4n) is 1.31. The molecule has 0 aliphatic heterocycles. The Hall–Kier alpha value is -1.56. The monoisotopic (exact) mass is 299 g/mol. The van der Waals surface area contributed by atoms with Crippen molar-refractivity contribution in [3.8, 4) is 0 Å². The predicted molar refractivity (Wildman–Crippen MR) is 63.4 cm³/mol. The summed E-state index contributed by atoms with van der Waals surface area (Å²) in [6.45, 7) is 0.212. The normalized spacial score (nSPS) is 10.3. The first-order valence-corrected chi connectivity index (χ1v) is 5.59. The number of hydrogen-bond donors (Lipinski definition) is 1. The van der Waals surface area contributed by atoms with Crippen molar-refractivity contribution >= 4 is 21.6 Å². The van der Waals surface area contributed by atoms with Gasteiger partial charge in [-0.2, -0.15) is 0 Å². The third-order valence-electron chi connectivity index (χ3n) is 2.07. The van der Waals surface area contributed by atoms with Crippen LogP contribution in [0.1, 0.15) is 5.69 Å². The lowest BCUT2D eigenvalue weighted by Crippen LogP contribution is -2.05. The maximum absolute atomic E-state index is 13.4. The van der Waals surface area contributed by atoms with Gasteiger partial charge in [0, 0.05) is 16.9 Å². The molecular formula is C11H8BrF2N3. The highest BCUT2D eigenvalue weighted by Gasteiger charge is 2.10. The molecule has 0 bridgehead atoms. The van der Waals surface area contributed by atoms with Crippen molar-refractivity contribution in [2.75, 3.05) is 5.32 Å². The summed E-state index contributed by atoms with van der Waals surface area (Å²) >= 11 is 3.01. The molecule has 1 heterocycles. The van der Waals surface area contributed by atoms with Crippen LogP contribution in [0.2, 0.25) is 0 Å². The molecule has 0 saturated heterocycles. The molecule has 88 valence electrons. The van der Waals surface area contributed by atoms with Gasteiger partial charge in [-0.1, -0.05) is 15.9 Å². The van der Waals surface area contributed by atoms with E-state index in [9.17, 15) is 8.78 Å². The van der Waals surface area contributed by atoms with Crippen LogP contribution >= 0.6 is 15.9 Å². The summed E-state index contributed by atoms with van der Waals surface area (Å²) in [6, 6.07) is 2.39.